The highest BCUT2D eigenvalue weighted by Crippen LogP contribution is 2.25. The lowest BCUT2D eigenvalue weighted by Crippen LogP contribution is -2.21. The van der Waals surface area contributed by atoms with Gasteiger partial charge in [0.15, 0.2) is 0 Å². The third kappa shape index (κ3) is 3.06. The molecule has 1 aromatic heterocycles. The van der Waals surface area contributed by atoms with Gasteiger partial charge in [-0.05, 0) is 25.1 Å². The van der Waals surface area contributed by atoms with E-state index in [-0.39, 0.29) is 33.8 Å². The van der Waals surface area contributed by atoms with Crippen LogP contribution in [0.1, 0.15) is 17.3 Å². The van der Waals surface area contributed by atoms with Gasteiger partial charge in [0.25, 0.3) is 0 Å². The fraction of sp³-hybridized carbons (Fsp3) is 0.111. The Morgan fingerprint density at radius 3 is 2.54 bits per heavy atom. The molecule has 134 valence electrons. The predicted molar refractivity (Wildman–Crippen MR) is 90.4 cm³/mol. The number of fused-ring (bicyclic) bond motifs is 1. The zero-order valence-corrected chi connectivity index (χ0v) is 14.1. The molecule has 0 saturated heterocycles. The highest BCUT2D eigenvalue weighted by atomic mass is 35.5. The molecule has 4 nitrogen and oxygen atoms in total. The van der Waals surface area contributed by atoms with Crippen LogP contribution in [0.2, 0.25) is 5.02 Å². The molecule has 3 rings (SSSR count). The van der Waals surface area contributed by atoms with Gasteiger partial charge >= 0.3 is 5.97 Å². The molecule has 1 heterocycles. The van der Waals surface area contributed by atoms with Crippen LogP contribution in [0.3, 0.4) is 0 Å². The normalized spacial score (nSPS) is 11.0. The van der Waals surface area contributed by atoms with Gasteiger partial charge in [0.2, 0.25) is 5.43 Å². The second kappa shape index (κ2) is 6.84. The van der Waals surface area contributed by atoms with Crippen molar-refractivity contribution in [2.45, 2.75) is 6.92 Å². The zero-order chi connectivity index (χ0) is 19.0. The van der Waals surface area contributed by atoms with Crippen LogP contribution >= 0.6 is 11.6 Å². The van der Waals surface area contributed by atoms with Crippen LogP contribution < -0.4 is 5.43 Å². The fourth-order valence-corrected chi connectivity index (χ4v) is 2.71. The van der Waals surface area contributed by atoms with Gasteiger partial charge in [-0.15, -0.1) is 0 Å². The molecule has 0 atom stereocenters. The average molecular weight is 382 g/mol. The highest BCUT2D eigenvalue weighted by molar-refractivity contribution is 6.31. The third-order valence-corrected chi connectivity index (χ3v) is 4.00. The van der Waals surface area contributed by atoms with Crippen molar-refractivity contribution in [3.8, 4) is 5.69 Å². The molecular formula is C18H11ClF3NO3. The highest BCUT2D eigenvalue weighted by Gasteiger charge is 2.20. The summed E-state index contributed by atoms with van der Waals surface area (Å²) in [5, 5.41) is -0.438. The standard InChI is InChI=1S/C18H11ClF3NO3/c1-2-26-18(25)11-8-23(15-4-3-9(20)5-14(15)22)16-7-13(21)12(19)6-10(16)17(11)24/h3-8H,2H2,1H3. The number of hydrogen-bond acceptors (Lipinski definition) is 3. The lowest BCUT2D eigenvalue weighted by molar-refractivity contribution is 0.0524. The van der Waals surface area contributed by atoms with E-state index >= 15 is 0 Å². The van der Waals surface area contributed by atoms with Crippen LogP contribution in [0, 0.1) is 17.5 Å². The van der Waals surface area contributed by atoms with Crippen LogP contribution in [-0.4, -0.2) is 17.1 Å². The van der Waals surface area contributed by atoms with E-state index in [1.165, 1.54) is 0 Å². The Morgan fingerprint density at radius 1 is 1.15 bits per heavy atom. The van der Waals surface area contributed by atoms with E-state index in [0.29, 0.717) is 6.07 Å². The van der Waals surface area contributed by atoms with Crippen LogP contribution in [0.15, 0.2) is 41.3 Å². The first kappa shape index (κ1) is 18.0. The third-order valence-electron chi connectivity index (χ3n) is 3.71. The van der Waals surface area contributed by atoms with Gasteiger partial charge in [-0.2, -0.15) is 0 Å². The number of ether oxygens (including phenoxy) is 1. The number of aromatic nitrogens is 1. The molecule has 0 aliphatic rings. The SMILES string of the molecule is CCOC(=O)c1cn(-c2ccc(F)cc2F)c2cc(F)c(Cl)cc2c1=O. The molecule has 0 radical (unpaired) electrons. The Bertz CT molecular complexity index is 1100. The quantitative estimate of drug-likeness (QED) is 0.638. The van der Waals surface area contributed by atoms with Crippen LogP contribution in [0.25, 0.3) is 16.6 Å². The number of hydrogen-bond donors (Lipinski definition) is 0. The van der Waals surface area contributed by atoms with Gasteiger partial charge in [0.05, 0.1) is 22.8 Å². The lowest BCUT2D eigenvalue weighted by Gasteiger charge is -2.14. The monoisotopic (exact) mass is 381 g/mol. The van der Waals surface area contributed by atoms with E-state index in [0.717, 1.165) is 35.0 Å². The summed E-state index contributed by atoms with van der Waals surface area (Å²) in [7, 11) is 0. The Balaban J connectivity index is 2.43. The summed E-state index contributed by atoms with van der Waals surface area (Å²) < 4.78 is 47.3. The molecule has 0 fully saturated rings. The van der Waals surface area contributed by atoms with Gasteiger partial charge in [0, 0.05) is 23.7 Å². The van der Waals surface area contributed by atoms with Gasteiger partial charge in [-0.1, -0.05) is 11.6 Å². The maximum absolute atomic E-state index is 14.3. The summed E-state index contributed by atoms with van der Waals surface area (Å²) in [6.45, 7) is 1.58. The number of rotatable bonds is 3. The number of pyridine rings is 1. The predicted octanol–water partition coefficient (Wildman–Crippen LogP) is 4.24. The number of nitrogens with zero attached hydrogens (tertiary/aromatic N) is 1. The van der Waals surface area contributed by atoms with Gasteiger partial charge in [0.1, 0.15) is 23.0 Å². The van der Waals surface area contributed by atoms with E-state index in [4.69, 9.17) is 16.3 Å². The van der Waals surface area contributed by atoms with Crippen LogP contribution in [0.5, 0.6) is 0 Å². The molecule has 0 amide bonds. The van der Waals surface area contributed by atoms with Gasteiger partial charge < -0.3 is 9.30 Å². The van der Waals surface area contributed by atoms with E-state index in [1.54, 1.807) is 6.92 Å². The Hall–Kier alpha value is -2.80. The number of halogens is 4. The molecule has 0 N–H and O–H groups in total. The smallest absolute Gasteiger partial charge is 0.343 e. The van der Waals surface area contributed by atoms with Crippen molar-refractivity contribution >= 4 is 28.5 Å². The molecule has 0 spiro atoms. The largest absolute Gasteiger partial charge is 0.462 e. The number of esters is 1. The molecule has 0 aliphatic heterocycles. The summed E-state index contributed by atoms with van der Waals surface area (Å²) in [5.74, 6) is -3.52. The van der Waals surface area contributed by atoms with Crippen molar-refractivity contribution in [1.29, 1.82) is 0 Å². The minimum atomic E-state index is -0.958. The van der Waals surface area contributed by atoms with Crippen LogP contribution in [-0.2, 0) is 4.74 Å². The summed E-state index contributed by atoms with van der Waals surface area (Å²) in [6, 6.07) is 4.73. The molecule has 26 heavy (non-hydrogen) atoms. The van der Waals surface area contributed by atoms with Crippen molar-refractivity contribution in [3.63, 3.8) is 0 Å². The van der Waals surface area contributed by atoms with Crippen molar-refractivity contribution < 1.29 is 22.7 Å². The summed E-state index contributed by atoms with van der Waals surface area (Å²) >= 11 is 5.74. The number of carbonyl (C=O) groups is 1. The number of carbonyl (C=O) groups excluding carboxylic acids is 1. The molecule has 2 aromatic carbocycles. The molecule has 0 saturated carbocycles. The van der Waals surface area contributed by atoms with E-state index in [2.05, 4.69) is 0 Å². The Kier molecular flexibility index (Phi) is 4.73. The second-order valence-electron chi connectivity index (χ2n) is 5.34. The van der Waals surface area contributed by atoms with Crippen LogP contribution in [0.4, 0.5) is 13.2 Å². The summed E-state index contributed by atoms with van der Waals surface area (Å²) in [4.78, 5) is 24.7. The minimum absolute atomic E-state index is 0.0192. The van der Waals surface area contributed by atoms with E-state index in [9.17, 15) is 22.8 Å². The Labute approximate surface area is 150 Å². The van der Waals surface area contributed by atoms with Crippen molar-refractivity contribution in [3.05, 3.63) is 74.8 Å². The maximum Gasteiger partial charge on any atom is 0.343 e. The minimum Gasteiger partial charge on any atom is -0.462 e. The van der Waals surface area contributed by atoms with E-state index in [1.807, 2.05) is 0 Å². The fourth-order valence-electron chi connectivity index (χ4n) is 2.55. The molecule has 8 heteroatoms. The van der Waals surface area contributed by atoms with E-state index < -0.39 is 28.8 Å². The molecule has 0 bridgehead atoms. The van der Waals surface area contributed by atoms with Gasteiger partial charge in [-0.3, -0.25) is 4.79 Å². The number of benzene rings is 2. The first-order valence-corrected chi connectivity index (χ1v) is 7.88. The Morgan fingerprint density at radius 2 is 1.88 bits per heavy atom. The first-order chi connectivity index (χ1) is 12.3. The lowest BCUT2D eigenvalue weighted by atomic mass is 10.1. The van der Waals surface area contributed by atoms with Crippen molar-refractivity contribution in [1.82, 2.24) is 4.57 Å². The van der Waals surface area contributed by atoms with Crippen molar-refractivity contribution in [2.75, 3.05) is 6.61 Å². The molecule has 3 aromatic rings. The molecular weight excluding hydrogens is 371 g/mol. The first-order valence-electron chi connectivity index (χ1n) is 7.50. The second-order valence-corrected chi connectivity index (χ2v) is 5.75. The topological polar surface area (TPSA) is 48.3 Å². The average Bonchev–Trinajstić information content (AvgIpc) is 2.58. The maximum atomic E-state index is 14.3. The van der Waals surface area contributed by atoms with Crippen molar-refractivity contribution in [2.24, 2.45) is 0 Å². The molecule has 0 aliphatic carbocycles. The van der Waals surface area contributed by atoms with Gasteiger partial charge in [-0.25, -0.2) is 18.0 Å². The summed E-state index contributed by atoms with van der Waals surface area (Å²) in [6.07, 6.45) is 1.03. The zero-order valence-electron chi connectivity index (χ0n) is 13.4. The molecule has 0 unspecified atom stereocenters. The summed E-state index contributed by atoms with van der Waals surface area (Å²) in [5.41, 5.74) is -1.33.